The first-order chi connectivity index (χ1) is 19.3. The molecule has 210 valence electrons. The van der Waals surface area contributed by atoms with Gasteiger partial charge in [0.15, 0.2) is 17.4 Å². The van der Waals surface area contributed by atoms with Crippen molar-refractivity contribution in [3.63, 3.8) is 0 Å². The molecule has 10 nitrogen and oxygen atoms in total. The van der Waals surface area contributed by atoms with E-state index in [1.54, 1.807) is 29.8 Å². The lowest BCUT2D eigenvalue weighted by Gasteiger charge is -2.35. The van der Waals surface area contributed by atoms with E-state index in [2.05, 4.69) is 14.5 Å². The van der Waals surface area contributed by atoms with Gasteiger partial charge in [-0.2, -0.15) is 0 Å². The molecule has 0 unspecified atom stereocenters. The minimum atomic E-state index is -0.710. The van der Waals surface area contributed by atoms with Gasteiger partial charge in [-0.05, 0) is 12.1 Å². The van der Waals surface area contributed by atoms with Crippen molar-refractivity contribution in [2.24, 2.45) is 0 Å². The molecule has 12 heteroatoms. The highest BCUT2D eigenvalue weighted by molar-refractivity contribution is 5.75. The zero-order valence-electron chi connectivity index (χ0n) is 22.6. The summed E-state index contributed by atoms with van der Waals surface area (Å²) in [6, 6.07) is 3.34. The van der Waals surface area contributed by atoms with Crippen molar-refractivity contribution in [1.82, 2.24) is 29.3 Å². The predicted octanol–water partition coefficient (Wildman–Crippen LogP) is 2.93. The van der Waals surface area contributed by atoms with Gasteiger partial charge in [-0.15, -0.1) is 0 Å². The lowest BCUT2D eigenvalue weighted by Crippen LogP contribution is -2.40. The molecule has 3 aliphatic heterocycles. The number of hydrogen-bond donors (Lipinski definition) is 0. The maximum Gasteiger partial charge on any atom is 0.219 e. The third kappa shape index (κ3) is 4.98. The molecular formula is C28H31F2N7O3. The molecule has 40 heavy (non-hydrogen) atoms. The summed E-state index contributed by atoms with van der Waals surface area (Å²) < 4.78 is 35.4. The summed E-state index contributed by atoms with van der Waals surface area (Å²) in [6.45, 7) is 6.97. The van der Waals surface area contributed by atoms with Crippen LogP contribution in [0, 0.1) is 11.6 Å². The van der Waals surface area contributed by atoms with Gasteiger partial charge in [-0.1, -0.05) is 0 Å². The summed E-state index contributed by atoms with van der Waals surface area (Å²) >= 11 is 0. The molecule has 0 atom stereocenters. The van der Waals surface area contributed by atoms with Crippen LogP contribution < -0.4 is 9.64 Å². The highest BCUT2D eigenvalue weighted by atomic mass is 19.1. The lowest BCUT2D eigenvalue weighted by atomic mass is 10.1. The van der Waals surface area contributed by atoms with E-state index in [4.69, 9.17) is 14.7 Å². The summed E-state index contributed by atoms with van der Waals surface area (Å²) in [6.07, 6.45) is 3.46. The fraction of sp³-hybridized carbons (Fsp3) is 0.464. The number of carbonyl (C=O) groups is 2. The van der Waals surface area contributed by atoms with Gasteiger partial charge in [0.25, 0.3) is 0 Å². The molecule has 2 aromatic heterocycles. The van der Waals surface area contributed by atoms with Gasteiger partial charge in [0.2, 0.25) is 11.8 Å². The first kappa shape index (κ1) is 26.1. The van der Waals surface area contributed by atoms with E-state index in [1.165, 1.54) is 12.1 Å². The highest BCUT2D eigenvalue weighted by Gasteiger charge is 2.31. The Morgan fingerprint density at radius 3 is 2.40 bits per heavy atom. The van der Waals surface area contributed by atoms with Crippen LogP contribution >= 0.6 is 0 Å². The summed E-state index contributed by atoms with van der Waals surface area (Å²) in [5, 5.41) is 0. The molecule has 3 aromatic rings. The molecule has 0 N–H and O–H groups in total. The Morgan fingerprint density at radius 1 is 0.925 bits per heavy atom. The predicted molar refractivity (Wildman–Crippen MR) is 141 cm³/mol. The largest absolute Gasteiger partial charge is 0.487 e. The maximum absolute atomic E-state index is 14.2. The zero-order valence-corrected chi connectivity index (χ0v) is 22.6. The highest BCUT2D eigenvalue weighted by Crippen LogP contribution is 2.34. The van der Waals surface area contributed by atoms with Gasteiger partial charge >= 0.3 is 0 Å². The number of nitrogens with zero attached hydrogens (tertiary/aromatic N) is 7. The number of rotatable bonds is 4. The van der Waals surface area contributed by atoms with Crippen LogP contribution in [-0.4, -0.2) is 73.4 Å². The quantitative estimate of drug-likeness (QED) is 0.492. The molecule has 0 aliphatic carbocycles. The number of halogens is 2. The number of carbonyl (C=O) groups excluding carboxylic acids is 2. The topological polar surface area (TPSA) is 96.7 Å². The Kier molecular flexibility index (Phi) is 6.85. The Labute approximate surface area is 230 Å². The molecule has 5 heterocycles. The third-order valence-corrected chi connectivity index (χ3v) is 7.92. The molecule has 2 amide bonds. The van der Waals surface area contributed by atoms with Crippen molar-refractivity contribution < 1.29 is 23.1 Å². The number of fused-ring (bicyclic) bond motifs is 2. The molecule has 6 rings (SSSR count). The number of imidazole rings is 1. The number of ether oxygens (including phenoxy) is 1. The van der Waals surface area contributed by atoms with E-state index in [0.29, 0.717) is 70.8 Å². The smallest absolute Gasteiger partial charge is 0.219 e. The molecular weight excluding hydrogens is 520 g/mol. The summed E-state index contributed by atoms with van der Waals surface area (Å²) in [5.41, 5.74) is 3.18. The van der Waals surface area contributed by atoms with Gasteiger partial charge < -0.3 is 24.0 Å². The molecule has 0 bridgehead atoms. The number of benzene rings is 1. The Bertz CT molecular complexity index is 1470. The second-order valence-corrected chi connectivity index (χ2v) is 10.5. The standard InChI is InChI=1S/C28H31F2N7O3/c1-17(38)35-10-7-22-23(15-35)32-27(24-14-31-26-16-36(18(2)39)11-12-37(24)26)28(33-22)34-8-5-20(6-9-34)40-25-4-3-19(29)13-21(25)30/h3-4,13-14,20H,5-12,15-16H2,1-2H3. The Balaban J connectivity index is 1.29. The van der Waals surface area contributed by atoms with Gasteiger partial charge in [0, 0.05) is 71.9 Å². The van der Waals surface area contributed by atoms with Crippen molar-refractivity contribution in [2.45, 2.75) is 58.8 Å². The SMILES string of the molecule is CC(=O)N1CCc2nc(N3CCC(Oc4ccc(F)cc4F)CC3)c(-c3cnc4n3CCN(C(C)=O)C4)nc2C1. The first-order valence-corrected chi connectivity index (χ1v) is 13.6. The maximum atomic E-state index is 14.2. The van der Waals surface area contributed by atoms with E-state index in [-0.39, 0.29) is 23.7 Å². The lowest BCUT2D eigenvalue weighted by molar-refractivity contribution is -0.130. The van der Waals surface area contributed by atoms with Crippen LogP contribution in [0.3, 0.4) is 0 Å². The second-order valence-electron chi connectivity index (χ2n) is 10.5. The van der Waals surface area contributed by atoms with Gasteiger partial charge in [-0.25, -0.2) is 23.7 Å². The van der Waals surface area contributed by atoms with Crippen LogP contribution in [0.1, 0.15) is 43.9 Å². The van der Waals surface area contributed by atoms with Gasteiger partial charge in [0.05, 0.1) is 36.4 Å². The minimum Gasteiger partial charge on any atom is -0.487 e. The fourth-order valence-corrected chi connectivity index (χ4v) is 5.64. The average molecular weight is 552 g/mol. The number of amides is 2. The normalized spacial score (nSPS) is 17.4. The van der Waals surface area contributed by atoms with Crippen molar-refractivity contribution in [2.75, 3.05) is 31.1 Å². The fourth-order valence-electron chi connectivity index (χ4n) is 5.64. The van der Waals surface area contributed by atoms with Crippen molar-refractivity contribution in [3.8, 4) is 17.1 Å². The molecule has 1 aromatic carbocycles. The average Bonchev–Trinajstić information content (AvgIpc) is 3.37. The molecule has 0 radical (unpaired) electrons. The van der Waals surface area contributed by atoms with Crippen molar-refractivity contribution >= 4 is 17.6 Å². The minimum absolute atomic E-state index is 0.00352. The number of hydrogen-bond acceptors (Lipinski definition) is 7. The van der Waals surface area contributed by atoms with Crippen LogP contribution in [0.4, 0.5) is 14.6 Å². The zero-order chi connectivity index (χ0) is 28.0. The first-order valence-electron chi connectivity index (χ1n) is 13.6. The monoisotopic (exact) mass is 551 g/mol. The number of anilines is 1. The molecule has 0 saturated carbocycles. The van der Waals surface area contributed by atoms with Crippen LogP contribution in [0.5, 0.6) is 5.75 Å². The molecule has 3 aliphatic rings. The summed E-state index contributed by atoms with van der Waals surface area (Å²) in [4.78, 5) is 44.5. The van der Waals surface area contributed by atoms with Gasteiger partial charge in [0.1, 0.15) is 23.4 Å². The van der Waals surface area contributed by atoms with Crippen LogP contribution in [-0.2, 0) is 35.6 Å². The van der Waals surface area contributed by atoms with E-state index in [9.17, 15) is 18.4 Å². The van der Waals surface area contributed by atoms with Crippen molar-refractivity contribution in [1.29, 1.82) is 0 Å². The summed E-state index contributed by atoms with van der Waals surface area (Å²) in [7, 11) is 0. The van der Waals surface area contributed by atoms with Crippen LogP contribution in [0.15, 0.2) is 24.4 Å². The molecule has 1 saturated heterocycles. The number of aromatic nitrogens is 4. The van der Waals surface area contributed by atoms with E-state index in [0.717, 1.165) is 34.8 Å². The van der Waals surface area contributed by atoms with Gasteiger partial charge in [-0.3, -0.25) is 9.59 Å². The van der Waals surface area contributed by atoms with E-state index in [1.807, 2.05) is 0 Å². The van der Waals surface area contributed by atoms with Crippen molar-refractivity contribution in [3.05, 3.63) is 53.2 Å². The number of piperidine rings is 1. The van der Waals surface area contributed by atoms with Crippen LogP contribution in [0.2, 0.25) is 0 Å². The van der Waals surface area contributed by atoms with E-state index < -0.39 is 11.6 Å². The Hall–Kier alpha value is -4.09. The Morgan fingerprint density at radius 2 is 1.68 bits per heavy atom. The second kappa shape index (κ2) is 10.5. The molecule has 0 spiro atoms. The van der Waals surface area contributed by atoms with E-state index >= 15 is 0 Å². The molecule has 1 fully saturated rings. The summed E-state index contributed by atoms with van der Waals surface area (Å²) in [5.74, 6) is 0.261. The third-order valence-electron chi connectivity index (χ3n) is 7.92. The van der Waals surface area contributed by atoms with Crippen LogP contribution in [0.25, 0.3) is 11.4 Å².